The Hall–Kier alpha value is -2.47. The highest BCUT2D eigenvalue weighted by Gasteiger charge is 2.60. The number of halogens is 2. The number of carbonyl (C=O) groups excluding carboxylic acids is 1. The smallest absolute Gasteiger partial charge is 0.257 e. The van der Waals surface area contributed by atoms with Gasteiger partial charge in [-0.1, -0.05) is 30.3 Å². The summed E-state index contributed by atoms with van der Waals surface area (Å²) in [5.74, 6) is -3.34. The Labute approximate surface area is 162 Å². The van der Waals surface area contributed by atoms with Gasteiger partial charge in [-0.3, -0.25) is 14.8 Å². The standard InChI is InChI=1S/C22H22F2N2O2/c1-28-13-16(14-5-3-2-4-6-14)8-18(27)9-17-7-15-11-26-21(19(15)12-25-17)20-10-22(20,23)24/h2-7,12,16,20H,8-11,13H2,1H3/t16-,20?/m1/s1. The summed E-state index contributed by atoms with van der Waals surface area (Å²) in [6, 6.07) is 11.7. The van der Waals surface area contributed by atoms with Gasteiger partial charge in [0, 0.05) is 49.7 Å². The zero-order valence-corrected chi connectivity index (χ0v) is 15.7. The van der Waals surface area contributed by atoms with Crippen LogP contribution >= 0.6 is 0 Å². The molecule has 0 amide bonds. The first-order valence-electron chi connectivity index (χ1n) is 9.44. The second kappa shape index (κ2) is 7.51. The number of hydrogen-bond acceptors (Lipinski definition) is 4. The molecule has 2 aliphatic rings. The van der Waals surface area contributed by atoms with E-state index >= 15 is 0 Å². The summed E-state index contributed by atoms with van der Waals surface area (Å²) in [5, 5.41) is 0. The average molecular weight is 384 g/mol. The van der Waals surface area contributed by atoms with Gasteiger partial charge in [0.15, 0.2) is 0 Å². The molecule has 2 heterocycles. The Bertz CT molecular complexity index is 912. The van der Waals surface area contributed by atoms with Crippen LogP contribution in [0.4, 0.5) is 8.78 Å². The van der Waals surface area contributed by atoms with Crippen molar-refractivity contribution in [2.45, 2.75) is 37.6 Å². The van der Waals surface area contributed by atoms with E-state index in [0.717, 1.165) is 11.1 Å². The van der Waals surface area contributed by atoms with E-state index in [1.807, 2.05) is 36.4 Å². The van der Waals surface area contributed by atoms with Crippen molar-refractivity contribution >= 4 is 11.5 Å². The maximum Gasteiger partial charge on any atom is 0.257 e. The Morgan fingerprint density at radius 3 is 2.75 bits per heavy atom. The van der Waals surface area contributed by atoms with Crippen LogP contribution < -0.4 is 0 Å². The zero-order valence-electron chi connectivity index (χ0n) is 15.7. The number of ketones is 1. The number of rotatable bonds is 8. The number of aliphatic imine (C=N–C) groups is 1. The predicted octanol–water partition coefficient (Wildman–Crippen LogP) is 3.97. The summed E-state index contributed by atoms with van der Waals surface area (Å²) in [6.45, 7) is 0.859. The Morgan fingerprint density at radius 2 is 2.07 bits per heavy atom. The van der Waals surface area contributed by atoms with Gasteiger partial charge in [0.25, 0.3) is 5.92 Å². The molecule has 1 unspecified atom stereocenters. The van der Waals surface area contributed by atoms with Crippen molar-refractivity contribution in [3.63, 3.8) is 0 Å². The normalized spacial score (nSPS) is 20.4. The van der Waals surface area contributed by atoms with Gasteiger partial charge in [-0.05, 0) is 17.2 Å². The van der Waals surface area contributed by atoms with Crippen molar-refractivity contribution in [2.24, 2.45) is 10.9 Å². The minimum absolute atomic E-state index is 0.000149. The van der Waals surface area contributed by atoms with E-state index in [2.05, 4.69) is 9.98 Å². The molecule has 1 saturated carbocycles. The van der Waals surface area contributed by atoms with E-state index in [9.17, 15) is 13.6 Å². The maximum atomic E-state index is 13.4. The number of aromatic nitrogens is 1. The SMILES string of the molecule is COC[C@@H](CC(=O)Cc1cc2c(cn1)C(C1CC1(F)F)=NC2)c1ccccc1. The van der Waals surface area contributed by atoms with E-state index in [1.165, 1.54) is 0 Å². The topological polar surface area (TPSA) is 51.5 Å². The molecule has 2 atom stereocenters. The Kier molecular flexibility index (Phi) is 5.06. The first-order valence-corrected chi connectivity index (χ1v) is 9.44. The summed E-state index contributed by atoms with van der Waals surface area (Å²) in [5.41, 5.74) is 3.79. The van der Waals surface area contributed by atoms with Crippen molar-refractivity contribution < 1.29 is 18.3 Å². The third-order valence-electron chi connectivity index (χ3n) is 5.39. The molecule has 0 radical (unpaired) electrons. The maximum absolute atomic E-state index is 13.4. The molecule has 146 valence electrons. The molecule has 4 rings (SSSR count). The van der Waals surface area contributed by atoms with E-state index < -0.39 is 11.8 Å². The van der Waals surface area contributed by atoms with Crippen LogP contribution in [0, 0.1) is 5.92 Å². The molecular formula is C22H22F2N2O2. The highest BCUT2D eigenvalue weighted by molar-refractivity contribution is 6.07. The van der Waals surface area contributed by atoms with Crippen LogP contribution in [0.15, 0.2) is 47.6 Å². The van der Waals surface area contributed by atoms with Crippen molar-refractivity contribution in [1.82, 2.24) is 4.98 Å². The van der Waals surface area contributed by atoms with Crippen molar-refractivity contribution in [1.29, 1.82) is 0 Å². The van der Waals surface area contributed by atoms with E-state index in [4.69, 9.17) is 4.74 Å². The number of nitrogens with zero attached hydrogens (tertiary/aromatic N) is 2. The van der Waals surface area contributed by atoms with Crippen molar-refractivity contribution in [3.8, 4) is 0 Å². The van der Waals surface area contributed by atoms with Gasteiger partial charge in [-0.15, -0.1) is 0 Å². The summed E-state index contributed by atoms with van der Waals surface area (Å²) < 4.78 is 32.0. The Morgan fingerprint density at radius 1 is 1.32 bits per heavy atom. The first kappa shape index (κ1) is 18.9. The molecule has 28 heavy (non-hydrogen) atoms. The summed E-state index contributed by atoms with van der Waals surface area (Å²) in [6.07, 6.45) is 2.05. The van der Waals surface area contributed by atoms with Gasteiger partial charge in [0.1, 0.15) is 5.78 Å². The Balaban J connectivity index is 1.41. The minimum Gasteiger partial charge on any atom is -0.384 e. The summed E-state index contributed by atoms with van der Waals surface area (Å²) >= 11 is 0. The van der Waals surface area contributed by atoms with Crippen LogP contribution in [0.1, 0.15) is 41.1 Å². The number of pyridine rings is 1. The quantitative estimate of drug-likeness (QED) is 0.692. The number of alkyl halides is 2. The third-order valence-corrected chi connectivity index (χ3v) is 5.39. The molecule has 1 aliphatic carbocycles. The van der Waals surface area contributed by atoms with Crippen LogP contribution in [0.25, 0.3) is 0 Å². The minimum atomic E-state index is -2.64. The van der Waals surface area contributed by atoms with Crippen LogP contribution in [-0.4, -0.2) is 36.1 Å². The number of hydrogen-bond donors (Lipinski definition) is 0. The number of fused-ring (bicyclic) bond motifs is 1. The van der Waals surface area contributed by atoms with Crippen molar-refractivity contribution in [2.75, 3.05) is 13.7 Å². The zero-order chi connectivity index (χ0) is 19.7. The van der Waals surface area contributed by atoms with Crippen LogP contribution in [-0.2, 0) is 22.5 Å². The molecule has 2 aromatic rings. The van der Waals surface area contributed by atoms with E-state index in [-0.39, 0.29) is 24.5 Å². The van der Waals surface area contributed by atoms with Gasteiger partial charge in [-0.2, -0.15) is 0 Å². The van der Waals surface area contributed by atoms with Gasteiger partial charge in [-0.25, -0.2) is 8.78 Å². The molecule has 0 N–H and O–H groups in total. The second-order valence-electron chi connectivity index (χ2n) is 7.53. The molecule has 1 aromatic carbocycles. The average Bonchev–Trinajstić information content (AvgIpc) is 3.11. The van der Waals surface area contributed by atoms with E-state index in [1.54, 1.807) is 13.3 Å². The molecule has 4 nitrogen and oxygen atoms in total. The predicted molar refractivity (Wildman–Crippen MR) is 102 cm³/mol. The van der Waals surface area contributed by atoms with Crippen LogP contribution in [0.2, 0.25) is 0 Å². The van der Waals surface area contributed by atoms with E-state index in [0.29, 0.717) is 36.5 Å². The fourth-order valence-corrected chi connectivity index (χ4v) is 3.82. The van der Waals surface area contributed by atoms with Gasteiger partial charge >= 0.3 is 0 Å². The molecule has 0 bridgehead atoms. The number of ether oxygens (including phenoxy) is 1. The molecule has 1 aromatic heterocycles. The lowest BCUT2D eigenvalue weighted by molar-refractivity contribution is -0.119. The molecule has 1 aliphatic heterocycles. The molecule has 0 spiro atoms. The number of carbonyl (C=O) groups is 1. The highest BCUT2D eigenvalue weighted by atomic mass is 19.3. The largest absolute Gasteiger partial charge is 0.384 e. The third kappa shape index (κ3) is 3.87. The fourth-order valence-electron chi connectivity index (χ4n) is 3.82. The second-order valence-corrected chi connectivity index (χ2v) is 7.53. The summed E-state index contributed by atoms with van der Waals surface area (Å²) in [4.78, 5) is 21.3. The first-order chi connectivity index (χ1) is 13.5. The lowest BCUT2D eigenvalue weighted by atomic mass is 9.93. The van der Waals surface area contributed by atoms with Gasteiger partial charge in [0.2, 0.25) is 0 Å². The molecular weight excluding hydrogens is 362 g/mol. The van der Waals surface area contributed by atoms with Crippen LogP contribution in [0.5, 0.6) is 0 Å². The van der Waals surface area contributed by atoms with Crippen molar-refractivity contribution in [3.05, 3.63) is 65.0 Å². The summed E-state index contributed by atoms with van der Waals surface area (Å²) in [7, 11) is 1.63. The van der Waals surface area contributed by atoms with Crippen LogP contribution in [0.3, 0.4) is 0 Å². The highest BCUT2D eigenvalue weighted by Crippen LogP contribution is 2.51. The lowest BCUT2D eigenvalue weighted by Gasteiger charge is -2.15. The number of Topliss-reactive ketones (excluding diaryl/α,β-unsaturated/α-hetero) is 1. The molecule has 6 heteroatoms. The molecule has 1 fully saturated rings. The fraction of sp³-hybridized carbons (Fsp3) is 0.409. The van der Waals surface area contributed by atoms with Gasteiger partial charge in [0.05, 0.1) is 24.8 Å². The number of methoxy groups -OCH3 is 1. The molecule has 0 saturated heterocycles. The monoisotopic (exact) mass is 384 g/mol. The lowest BCUT2D eigenvalue weighted by Crippen LogP contribution is -2.15. The van der Waals surface area contributed by atoms with Gasteiger partial charge < -0.3 is 4.74 Å². The number of benzene rings is 1.